The Balaban J connectivity index is 2.21. The lowest BCUT2D eigenvalue weighted by Crippen LogP contribution is -2.23. The van der Waals surface area contributed by atoms with Crippen LogP contribution in [-0.2, 0) is 6.54 Å². The average molecular weight is 258 g/mol. The van der Waals surface area contributed by atoms with Crippen molar-refractivity contribution >= 4 is 16.6 Å². The topological polar surface area (TPSA) is 48.0 Å². The Kier molecular flexibility index (Phi) is 4.25. The molecular weight excluding hydrogens is 236 g/mol. The van der Waals surface area contributed by atoms with Gasteiger partial charge in [-0.1, -0.05) is 44.9 Å². The van der Waals surface area contributed by atoms with Crippen molar-refractivity contribution in [2.75, 3.05) is 5.73 Å². The van der Waals surface area contributed by atoms with Crippen molar-refractivity contribution in [3.63, 3.8) is 0 Å². The summed E-state index contributed by atoms with van der Waals surface area (Å²) in [6.45, 7) is 5.15. The third-order valence-corrected chi connectivity index (χ3v) is 3.46. The average Bonchev–Trinajstić information content (AvgIpc) is 2.37. The summed E-state index contributed by atoms with van der Waals surface area (Å²) < 4.78 is 1.70. The zero-order valence-corrected chi connectivity index (χ0v) is 11.7. The van der Waals surface area contributed by atoms with E-state index in [0.717, 1.165) is 23.6 Å². The highest BCUT2D eigenvalue weighted by Gasteiger charge is 2.06. The standard InChI is InChI=1S/C16H22N2O/c1-12(2)7-5-6-10-18-15(17)11-13-8-3-4-9-14(13)16(18)19/h3-4,8-9,11-12H,5-7,10,17H2,1-2H3. The lowest BCUT2D eigenvalue weighted by atomic mass is 10.1. The first kappa shape index (κ1) is 13.7. The summed E-state index contributed by atoms with van der Waals surface area (Å²) in [4.78, 5) is 12.4. The molecule has 3 heteroatoms. The molecule has 0 saturated heterocycles. The van der Waals surface area contributed by atoms with Gasteiger partial charge in [0.05, 0.1) is 0 Å². The van der Waals surface area contributed by atoms with E-state index in [1.807, 2.05) is 30.3 Å². The summed E-state index contributed by atoms with van der Waals surface area (Å²) in [6, 6.07) is 9.49. The molecule has 0 amide bonds. The lowest BCUT2D eigenvalue weighted by Gasteiger charge is -2.11. The number of aromatic nitrogens is 1. The van der Waals surface area contributed by atoms with Crippen molar-refractivity contribution in [1.29, 1.82) is 0 Å². The Labute approximate surface area is 114 Å². The highest BCUT2D eigenvalue weighted by molar-refractivity contribution is 5.83. The second-order valence-corrected chi connectivity index (χ2v) is 5.50. The van der Waals surface area contributed by atoms with Gasteiger partial charge < -0.3 is 5.73 Å². The van der Waals surface area contributed by atoms with Gasteiger partial charge in [-0.05, 0) is 29.9 Å². The largest absolute Gasteiger partial charge is 0.385 e. The number of hydrogen-bond donors (Lipinski definition) is 1. The molecule has 3 nitrogen and oxygen atoms in total. The molecule has 102 valence electrons. The van der Waals surface area contributed by atoms with Crippen LogP contribution in [0.2, 0.25) is 0 Å². The fourth-order valence-electron chi connectivity index (χ4n) is 2.37. The van der Waals surface area contributed by atoms with Gasteiger partial charge in [-0.3, -0.25) is 9.36 Å². The van der Waals surface area contributed by atoms with E-state index in [1.54, 1.807) is 4.57 Å². The molecule has 2 N–H and O–H groups in total. The summed E-state index contributed by atoms with van der Waals surface area (Å²) in [5.41, 5.74) is 6.02. The van der Waals surface area contributed by atoms with Crippen molar-refractivity contribution in [2.24, 2.45) is 5.92 Å². The van der Waals surface area contributed by atoms with Crippen molar-refractivity contribution in [3.05, 3.63) is 40.7 Å². The molecule has 0 aliphatic heterocycles. The zero-order chi connectivity index (χ0) is 13.8. The number of anilines is 1. The fourth-order valence-corrected chi connectivity index (χ4v) is 2.37. The molecule has 1 aromatic heterocycles. The number of hydrogen-bond acceptors (Lipinski definition) is 2. The van der Waals surface area contributed by atoms with Crippen LogP contribution in [0.4, 0.5) is 5.82 Å². The van der Waals surface area contributed by atoms with E-state index in [2.05, 4.69) is 13.8 Å². The van der Waals surface area contributed by atoms with Gasteiger partial charge >= 0.3 is 0 Å². The van der Waals surface area contributed by atoms with Crippen LogP contribution in [-0.4, -0.2) is 4.57 Å². The molecule has 1 aromatic carbocycles. The van der Waals surface area contributed by atoms with Crippen LogP contribution >= 0.6 is 0 Å². The Morgan fingerprint density at radius 1 is 1.21 bits per heavy atom. The molecule has 1 heterocycles. The van der Waals surface area contributed by atoms with Crippen molar-refractivity contribution in [2.45, 2.75) is 39.7 Å². The number of pyridine rings is 1. The highest BCUT2D eigenvalue weighted by Crippen LogP contribution is 2.14. The molecule has 0 radical (unpaired) electrons. The number of fused-ring (bicyclic) bond motifs is 1. The summed E-state index contributed by atoms with van der Waals surface area (Å²) in [7, 11) is 0. The van der Waals surface area contributed by atoms with E-state index < -0.39 is 0 Å². The quantitative estimate of drug-likeness (QED) is 0.835. The zero-order valence-electron chi connectivity index (χ0n) is 11.7. The molecule has 0 bridgehead atoms. The van der Waals surface area contributed by atoms with Crippen molar-refractivity contribution in [1.82, 2.24) is 4.57 Å². The first-order valence-corrected chi connectivity index (χ1v) is 6.97. The Morgan fingerprint density at radius 2 is 1.95 bits per heavy atom. The SMILES string of the molecule is CC(C)CCCCn1c(N)cc2ccccc2c1=O. The smallest absolute Gasteiger partial charge is 0.259 e. The summed E-state index contributed by atoms with van der Waals surface area (Å²) in [5.74, 6) is 1.28. The maximum absolute atomic E-state index is 12.4. The summed E-state index contributed by atoms with van der Waals surface area (Å²) >= 11 is 0. The number of nitrogen functional groups attached to an aromatic ring is 1. The summed E-state index contributed by atoms with van der Waals surface area (Å²) in [6.07, 6.45) is 3.33. The molecule has 2 rings (SSSR count). The van der Waals surface area contributed by atoms with Gasteiger partial charge in [-0.2, -0.15) is 0 Å². The number of nitrogens with zero attached hydrogens (tertiary/aromatic N) is 1. The normalized spacial score (nSPS) is 11.3. The van der Waals surface area contributed by atoms with Gasteiger partial charge in [0.1, 0.15) is 5.82 Å². The van der Waals surface area contributed by atoms with Crippen LogP contribution in [0.15, 0.2) is 35.1 Å². The van der Waals surface area contributed by atoms with E-state index in [0.29, 0.717) is 18.3 Å². The molecule has 19 heavy (non-hydrogen) atoms. The number of unbranched alkanes of at least 4 members (excludes halogenated alkanes) is 1. The third kappa shape index (κ3) is 3.16. The van der Waals surface area contributed by atoms with Crippen LogP contribution in [0, 0.1) is 5.92 Å². The Bertz CT molecular complexity index is 614. The minimum atomic E-state index is 0.0279. The van der Waals surface area contributed by atoms with Crippen LogP contribution in [0.3, 0.4) is 0 Å². The second-order valence-electron chi connectivity index (χ2n) is 5.50. The molecule has 0 aliphatic carbocycles. The molecule has 0 saturated carbocycles. The minimum Gasteiger partial charge on any atom is -0.385 e. The van der Waals surface area contributed by atoms with E-state index in [9.17, 15) is 4.79 Å². The first-order chi connectivity index (χ1) is 9.09. The van der Waals surface area contributed by atoms with Gasteiger partial charge in [0.25, 0.3) is 5.56 Å². The predicted octanol–water partition coefficient (Wildman–Crippen LogP) is 3.41. The Morgan fingerprint density at radius 3 is 2.68 bits per heavy atom. The van der Waals surface area contributed by atoms with E-state index in [-0.39, 0.29) is 5.56 Å². The fraction of sp³-hybridized carbons (Fsp3) is 0.438. The number of nitrogens with two attached hydrogens (primary N) is 1. The maximum atomic E-state index is 12.4. The van der Waals surface area contributed by atoms with Gasteiger partial charge in [0, 0.05) is 11.9 Å². The van der Waals surface area contributed by atoms with Crippen LogP contribution < -0.4 is 11.3 Å². The second kappa shape index (κ2) is 5.91. The summed E-state index contributed by atoms with van der Waals surface area (Å²) in [5, 5.41) is 1.67. The lowest BCUT2D eigenvalue weighted by molar-refractivity contribution is 0.507. The molecule has 0 spiro atoms. The minimum absolute atomic E-state index is 0.0279. The highest BCUT2D eigenvalue weighted by atomic mass is 16.1. The van der Waals surface area contributed by atoms with Crippen molar-refractivity contribution < 1.29 is 0 Å². The van der Waals surface area contributed by atoms with Crippen molar-refractivity contribution in [3.8, 4) is 0 Å². The van der Waals surface area contributed by atoms with E-state index in [1.165, 1.54) is 6.42 Å². The third-order valence-electron chi connectivity index (χ3n) is 3.46. The molecular formula is C16H22N2O. The van der Waals surface area contributed by atoms with E-state index >= 15 is 0 Å². The van der Waals surface area contributed by atoms with Gasteiger partial charge in [0.15, 0.2) is 0 Å². The van der Waals surface area contributed by atoms with Gasteiger partial charge in [-0.25, -0.2) is 0 Å². The van der Waals surface area contributed by atoms with Crippen LogP contribution in [0.1, 0.15) is 33.1 Å². The number of benzene rings is 1. The maximum Gasteiger partial charge on any atom is 0.259 e. The van der Waals surface area contributed by atoms with Crippen LogP contribution in [0.25, 0.3) is 10.8 Å². The molecule has 0 fully saturated rings. The Hall–Kier alpha value is -1.77. The van der Waals surface area contributed by atoms with Gasteiger partial charge in [0.2, 0.25) is 0 Å². The van der Waals surface area contributed by atoms with E-state index in [4.69, 9.17) is 5.73 Å². The molecule has 2 aromatic rings. The monoisotopic (exact) mass is 258 g/mol. The molecule has 0 aliphatic rings. The molecule has 0 atom stereocenters. The van der Waals surface area contributed by atoms with Gasteiger partial charge in [-0.15, -0.1) is 0 Å². The first-order valence-electron chi connectivity index (χ1n) is 6.97. The van der Waals surface area contributed by atoms with Crippen LogP contribution in [0.5, 0.6) is 0 Å². The number of rotatable bonds is 5. The predicted molar refractivity (Wildman–Crippen MR) is 81.3 cm³/mol. The molecule has 0 unspecified atom stereocenters.